The summed E-state index contributed by atoms with van der Waals surface area (Å²) in [5, 5.41) is 23.2. The molecule has 0 rings (SSSR count). The van der Waals surface area contributed by atoms with Gasteiger partial charge in [-0.1, -0.05) is 13.2 Å². The average Bonchev–Trinajstić information content (AvgIpc) is 2.27. The van der Waals surface area contributed by atoms with Gasteiger partial charge in [0, 0.05) is 18.2 Å². The minimum Gasteiger partial charge on any atom is -1.00 e. The second-order valence-corrected chi connectivity index (χ2v) is 2.16. The quantitative estimate of drug-likeness (QED) is 0.297. The summed E-state index contributed by atoms with van der Waals surface area (Å²) in [7, 11) is 0. The topological polar surface area (TPSA) is 155 Å². The van der Waals surface area contributed by atoms with Crippen LogP contribution < -0.4 is 64.8 Å². The maximum Gasteiger partial charge on any atom is 1.00 e. The van der Waals surface area contributed by atoms with Crippen molar-refractivity contribution < 1.29 is 96.5 Å². The minimum absolute atomic E-state index is 0. The summed E-state index contributed by atoms with van der Waals surface area (Å²) in [6.07, 6.45) is 3.00. The first-order valence-electron chi connectivity index (χ1n) is 4.08. The van der Waals surface area contributed by atoms with Crippen LogP contribution in [-0.2, 0) is 19.2 Å². The Morgan fingerprint density at radius 1 is 0.800 bits per heavy atom. The van der Waals surface area contributed by atoms with E-state index in [1.54, 1.807) is 0 Å². The van der Waals surface area contributed by atoms with E-state index in [9.17, 15) is 19.2 Å². The van der Waals surface area contributed by atoms with Crippen LogP contribution in [0.4, 0.5) is 0 Å². The molecule has 0 aliphatic heterocycles. The van der Waals surface area contributed by atoms with Gasteiger partial charge in [0.2, 0.25) is 5.91 Å². The van der Waals surface area contributed by atoms with Crippen LogP contribution in [0.2, 0.25) is 0 Å². The molecule has 0 aromatic heterocycles. The predicted molar refractivity (Wildman–Crippen MR) is 63.9 cm³/mol. The van der Waals surface area contributed by atoms with Gasteiger partial charge in [0.15, 0.2) is 0 Å². The normalized spacial score (nSPS) is 7.00. The van der Waals surface area contributed by atoms with Crippen LogP contribution in [0.3, 0.4) is 0 Å². The van der Waals surface area contributed by atoms with Gasteiger partial charge in [-0.2, -0.15) is 0 Å². The van der Waals surface area contributed by atoms with Crippen LogP contribution in [0.1, 0.15) is 2.85 Å². The summed E-state index contributed by atoms with van der Waals surface area (Å²) in [6.45, 7) is 6.05. The third-order valence-corrected chi connectivity index (χ3v) is 0.744. The molecule has 10 heteroatoms. The van der Waals surface area contributed by atoms with Crippen molar-refractivity contribution in [2.45, 2.75) is 0 Å². The molecule has 104 valence electrons. The summed E-state index contributed by atoms with van der Waals surface area (Å²) in [5.41, 5.74) is 4.53. The largest absolute Gasteiger partial charge is 1.00 e. The zero-order valence-electron chi connectivity index (χ0n) is 13.3. The Morgan fingerprint density at radius 2 is 1.00 bits per heavy atom. The molecule has 0 bridgehead atoms. The van der Waals surface area contributed by atoms with E-state index >= 15 is 0 Å². The molecule has 0 aromatic rings. The van der Waals surface area contributed by atoms with Crippen LogP contribution in [-0.4, -0.2) is 39.1 Å². The fraction of sp³-hybridized carbons (Fsp3) is 0. The molecule has 5 N–H and O–H groups in total. The Bertz CT molecular complexity index is 342. The molecule has 0 fully saturated rings. The number of carbonyl (C=O) groups is 4. The number of aliphatic carboxylic acids is 3. The first-order chi connectivity index (χ1) is 8.17. The molecule has 0 aliphatic rings. The standard InChI is InChI=1S/C4H4O4.C3H5NO.C3H4O2.2Na.2H/c5-3(6)1-2-4(7)8;2*1-2-3(4)5;;;;/h1-2H,(H,5,6)(H,7,8);2H,1H2,(H2,4,5);2H,1H2,(H,4,5);;;;/q;;;2*+1;2*-1. The van der Waals surface area contributed by atoms with E-state index in [-0.39, 0.29) is 62.0 Å². The number of nitrogens with two attached hydrogens (primary N) is 1. The van der Waals surface area contributed by atoms with Crippen molar-refractivity contribution in [1.29, 1.82) is 0 Å². The number of rotatable bonds is 4. The molecule has 20 heavy (non-hydrogen) atoms. The van der Waals surface area contributed by atoms with Gasteiger partial charge in [-0.05, 0) is 6.08 Å². The van der Waals surface area contributed by atoms with E-state index in [1.807, 2.05) is 0 Å². The van der Waals surface area contributed by atoms with Crippen molar-refractivity contribution in [1.82, 2.24) is 0 Å². The second-order valence-electron chi connectivity index (χ2n) is 2.16. The number of amides is 1. The number of carboxylic acid groups (broad SMARTS) is 3. The number of primary amides is 1. The van der Waals surface area contributed by atoms with Crippen LogP contribution in [0.15, 0.2) is 37.5 Å². The Labute approximate surface area is 162 Å². The number of hydrogen-bond donors (Lipinski definition) is 4. The fourth-order valence-corrected chi connectivity index (χ4v) is 0.143. The summed E-state index contributed by atoms with van der Waals surface area (Å²) >= 11 is 0. The van der Waals surface area contributed by atoms with Crippen LogP contribution in [0.25, 0.3) is 0 Å². The van der Waals surface area contributed by atoms with Crippen molar-refractivity contribution in [3.63, 3.8) is 0 Å². The molecule has 0 atom stereocenters. The van der Waals surface area contributed by atoms with Gasteiger partial charge in [0.1, 0.15) is 0 Å². The van der Waals surface area contributed by atoms with Gasteiger partial charge in [0.05, 0.1) is 0 Å². The third-order valence-electron chi connectivity index (χ3n) is 0.744. The molecule has 0 saturated heterocycles. The molecule has 1 amide bonds. The van der Waals surface area contributed by atoms with Crippen molar-refractivity contribution >= 4 is 23.8 Å². The maximum atomic E-state index is 9.55. The van der Waals surface area contributed by atoms with E-state index in [0.29, 0.717) is 12.2 Å². The van der Waals surface area contributed by atoms with Gasteiger partial charge >= 0.3 is 77.0 Å². The molecule has 0 radical (unpaired) electrons. The number of hydrogen-bond acceptors (Lipinski definition) is 4. The zero-order valence-corrected chi connectivity index (χ0v) is 15.3. The van der Waals surface area contributed by atoms with Gasteiger partial charge in [-0.3, -0.25) is 4.79 Å². The smallest absolute Gasteiger partial charge is 1.00 e. The number of carboxylic acids is 3. The Balaban J connectivity index is -0.0000000291. The molecule has 0 aromatic carbocycles. The van der Waals surface area contributed by atoms with E-state index in [0.717, 1.165) is 12.2 Å². The fourth-order valence-electron chi connectivity index (χ4n) is 0.143. The first kappa shape index (κ1) is 31.5. The van der Waals surface area contributed by atoms with Gasteiger partial charge in [-0.15, -0.1) is 0 Å². The summed E-state index contributed by atoms with van der Waals surface area (Å²) in [4.78, 5) is 37.8. The van der Waals surface area contributed by atoms with Crippen molar-refractivity contribution in [2.75, 3.05) is 0 Å². The molecular formula is C10H15NNa2O7. The summed E-state index contributed by atoms with van der Waals surface area (Å²) in [6, 6.07) is 0. The Hall–Kier alpha value is -0.900. The second kappa shape index (κ2) is 23.2. The Kier molecular flexibility index (Phi) is 36.5. The van der Waals surface area contributed by atoms with Gasteiger partial charge < -0.3 is 23.9 Å². The van der Waals surface area contributed by atoms with Crippen LogP contribution in [0, 0.1) is 0 Å². The summed E-state index contributed by atoms with van der Waals surface area (Å²) in [5.74, 6) is -3.98. The van der Waals surface area contributed by atoms with Crippen molar-refractivity contribution in [2.24, 2.45) is 5.73 Å². The zero-order chi connectivity index (χ0) is 15.1. The van der Waals surface area contributed by atoms with E-state index in [2.05, 4.69) is 18.9 Å². The monoisotopic (exact) mass is 307 g/mol. The van der Waals surface area contributed by atoms with Crippen molar-refractivity contribution in [3.05, 3.63) is 37.5 Å². The predicted octanol–water partition coefficient (Wildman–Crippen LogP) is -6.14. The van der Waals surface area contributed by atoms with E-state index in [1.165, 1.54) is 0 Å². The van der Waals surface area contributed by atoms with Crippen LogP contribution >= 0.6 is 0 Å². The van der Waals surface area contributed by atoms with Crippen molar-refractivity contribution in [3.8, 4) is 0 Å². The average molecular weight is 307 g/mol. The third kappa shape index (κ3) is 67.6. The van der Waals surface area contributed by atoms with Crippen LogP contribution in [0.5, 0.6) is 0 Å². The SMILES string of the molecule is C=CC(=O)O.C=CC(N)=O.O=C(O)C=CC(=O)O.[H-].[H-].[Na+].[Na+]. The first-order valence-corrected chi connectivity index (χ1v) is 4.08. The molecule has 0 aliphatic carbocycles. The van der Waals surface area contributed by atoms with Gasteiger partial charge in [0.25, 0.3) is 0 Å². The molecule has 0 saturated carbocycles. The molecule has 0 heterocycles. The summed E-state index contributed by atoms with van der Waals surface area (Å²) < 4.78 is 0. The molecular weight excluding hydrogens is 292 g/mol. The number of carbonyl (C=O) groups excluding carboxylic acids is 1. The molecule has 0 spiro atoms. The van der Waals surface area contributed by atoms with E-state index < -0.39 is 23.8 Å². The van der Waals surface area contributed by atoms with Gasteiger partial charge in [-0.25, -0.2) is 14.4 Å². The Morgan fingerprint density at radius 3 is 1.05 bits per heavy atom. The minimum atomic E-state index is -1.26. The molecule has 0 unspecified atom stereocenters. The van der Waals surface area contributed by atoms with E-state index in [4.69, 9.17) is 15.3 Å². The molecule has 8 nitrogen and oxygen atoms in total. The maximum absolute atomic E-state index is 9.55.